The van der Waals surface area contributed by atoms with Crippen molar-refractivity contribution in [1.82, 2.24) is 4.98 Å². The number of nitrogens with one attached hydrogen (secondary N) is 1. The molecule has 0 radical (unpaired) electrons. The van der Waals surface area contributed by atoms with Crippen LogP contribution in [0.2, 0.25) is 0 Å². The fourth-order valence-corrected chi connectivity index (χ4v) is 6.57. The fourth-order valence-electron chi connectivity index (χ4n) is 4.25. The molecule has 9 heteroatoms. The molecule has 0 saturated heterocycles. The van der Waals surface area contributed by atoms with Crippen LogP contribution >= 0.6 is 23.1 Å². The quantitative estimate of drug-likeness (QED) is 0.260. The molecule has 2 aromatic heterocycles. The number of anilines is 1. The summed E-state index contributed by atoms with van der Waals surface area (Å²) in [6.07, 6.45) is 2.96. The standard InChI is InChI=1S/C28H29N3O4S2/c1-4-35-28(33)25-21-11-5-17(2)15-23(21)37-27(25)31-24(32)13-14-36-26-19(16-29)8-12-22(30-26)18-6-9-20(34-3)10-7-18/h6-10,12,17H,4-5,11,13-15H2,1-3H3,(H,31,32). The van der Waals surface area contributed by atoms with Gasteiger partial charge in [-0.2, -0.15) is 5.26 Å². The van der Waals surface area contributed by atoms with Crippen molar-refractivity contribution in [3.8, 4) is 23.1 Å². The van der Waals surface area contributed by atoms with Crippen molar-refractivity contribution < 1.29 is 19.1 Å². The Morgan fingerprint density at radius 2 is 2.03 bits per heavy atom. The van der Waals surface area contributed by atoms with E-state index in [0.717, 1.165) is 46.7 Å². The lowest BCUT2D eigenvalue weighted by Crippen LogP contribution is -2.17. The van der Waals surface area contributed by atoms with Gasteiger partial charge in [-0.05, 0) is 74.1 Å². The minimum absolute atomic E-state index is 0.186. The summed E-state index contributed by atoms with van der Waals surface area (Å²) in [5, 5.41) is 13.6. The molecule has 1 amide bonds. The number of fused-ring (bicyclic) bond motifs is 1. The van der Waals surface area contributed by atoms with Gasteiger partial charge in [-0.25, -0.2) is 9.78 Å². The van der Waals surface area contributed by atoms with Crippen molar-refractivity contribution in [2.45, 2.75) is 44.6 Å². The Balaban J connectivity index is 1.44. The van der Waals surface area contributed by atoms with E-state index in [0.29, 0.717) is 32.8 Å². The normalized spacial score (nSPS) is 14.4. The van der Waals surface area contributed by atoms with Gasteiger partial charge in [-0.15, -0.1) is 23.1 Å². The van der Waals surface area contributed by atoms with Crippen LogP contribution in [-0.2, 0) is 22.4 Å². The molecule has 4 rings (SSSR count). The molecule has 192 valence electrons. The molecule has 1 atom stereocenters. The Hall–Kier alpha value is -3.35. The highest BCUT2D eigenvalue weighted by Crippen LogP contribution is 2.40. The van der Waals surface area contributed by atoms with Gasteiger partial charge in [0.15, 0.2) is 0 Å². The van der Waals surface area contributed by atoms with Gasteiger partial charge in [0, 0.05) is 22.6 Å². The maximum absolute atomic E-state index is 12.8. The monoisotopic (exact) mass is 535 g/mol. The van der Waals surface area contributed by atoms with Crippen molar-refractivity contribution in [2.24, 2.45) is 5.92 Å². The number of pyridine rings is 1. The Bertz CT molecular complexity index is 1330. The minimum Gasteiger partial charge on any atom is -0.497 e. The average molecular weight is 536 g/mol. The molecule has 0 bridgehead atoms. The zero-order valence-electron chi connectivity index (χ0n) is 21.1. The van der Waals surface area contributed by atoms with Crippen molar-refractivity contribution in [2.75, 3.05) is 24.8 Å². The number of thioether (sulfide) groups is 1. The Labute approximate surface area is 225 Å². The molecule has 1 unspecified atom stereocenters. The Kier molecular flexibility index (Phi) is 8.85. The summed E-state index contributed by atoms with van der Waals surface area (Å²) in [5.74, 6) is 1.19. The van der Waals surface area contributed by atoms with Crippen LogP contribution in [0.4, 0.5) is 5.00 Å². The maximum atomic E-state index is 12.8. The van der Waals surface area contributed by atoms with Crippen LogP contribution in [0.15, 0.2) is 41.4 Å². The molecule has 1 aliphatic rings. The zero-order valence-corrected chi connectivity index (χ0v) is 22.8. The van der Waals surface area contributed by atoms with Crippen LogP contribution in [0.5, 0.6) is 5.75 Å². The highest BCUT2D eigenvalue weighted by Gasteiger charge is 2.29. The fraction of sp³-hybridized carbons (Fsp3) is 0.357. The van der Waals surface area contributed by atoms with Crippen LogP contribution in [-0.4, -0.2) is 36.3 Å². The van der Waals surface area contributed by atoms with Crippen LogP contribution in [0.25, 0.3) is 11.3 Å². The molecule has 1 aromatic carbocycles. The lowest BCUT2D eigenvalue weighted by atomic mass is 9.88. The van der Waals surface area contributed by atoms with Crippen molar-refractivity contribution in [3.63, 3.8) is 0 Å². The lowest BCUT2D eigenvalue weighted by Gasteiger charge is -2.18. The van der Waals surface area contributed by atoms with E-state index in [1.807, 2.05) is 30.3 Å². The first-order valence-electron chi connectivity index (χ1n) is 12.2. The number of amides is 1. The summed E-state index contributed by atoms with van der Waals surface area (Å²) < 4.78 is 10.5. The third-order valence-electron chi connectivity index (χ3n) is 6.18. The van der Waals surface area contributed by atoms with Gasteiger partial charge in [0.25, 0.3) is 0 Å². The number of nitrogens with zero attached hydrogens (tertiary/aromatic N) is 2. The number of aromatic nitrogens is 1. The van der Waals surface area contributed by atoms with Gasteiger partial charge in [0.05, 0.1) is 30.5 Å². The summed E-state index contributed by atoms with van der Waals surface area (Å²) in [6.45, 7) is 4.27. The largest absolute Gasteiger partial charge is 0.497 e. The smallest absolute Gasteiger partial charge is 0.341 e. The number of nitriles is 1. The molecule has 2 heterocycles. The molecule has 0 fully saturated rings. The maximum Gasteiger partial charge on any atom is 0.341 e. The molecule has 1 aliphatic carbocycles. The number of benzene rings is 1. The predicted molar refractivity (Wildman–Crippen MR) is 146 cm³/mol. The molecule has 0 saturated carbocycles. The van der Waals surface area contributed by atoms with Crippen LogP contribution < -0.4 is 10.1 Å². The van der Waals surface area contributed by atoms with Gasteiger partial charge in [-0.3, -0.25) is 4.79 Å². The second-order valence-corrected chi connectivity index (χ2v) is 11.0. The summed E-state index contributed by atoms with van der Waals surface area (Å²) >= 11 is 2.85. The molecular formula is C28H29N3O4S2. The number of hydrogen-bond acceptors (Lipinski definition) is 8. The van der Waals surface area contributed by atoms with Gasteiger partial charge in [-0.1, -0.05) is 6.92 Å². The summed E-state index contributed by atoms with van der Waals surface area (Å²) in [7, 11) is 1.62. The summed E-state index contributed by atoms with van der Waals surface area (Å²) in [5.41, 5.74) is 3.64. The Morgan fingerprint density at radius 3 is 2.73 bits per heavy atom. The van der Waals surface area contributed by atoms with E-state index in [1.54, 1.807) is 20.1 Å². The van der Waals surface area contributed by atoms with E-state index >= 15 is 0 Å². The van der Waals surface area contributed by atoms with Crippen molar-refractivity contribution >= 4 is 40.0 Å². The van der Waals surface area contributed by atoms with Gasteiger partial charge in [0.1, 0.15) is 21.8 Å². The first-order chi connectivity index (χ1) is 17.9. The molecule has 0 aliphatic heterocycles. The number of carbonyl (C=O) groups is 2. The van der Waals surface area contributed by atoms with Gasteiger partial charge >= 0.3 is 5.97 Å². The second-order valence-electron chi connectivity index (χ2n) is 8.81. The highest BCUT2D eigenvalue weighted by atomic mass is 32.2. The summed E-state index contributed by atoms with van der Waals surface area (Å²) in [6, 6.07) is 13.3. The number of thiophene rings is 1. The minimum atomic E-state index is -0.377. The van der Waals surface area contributed by atoms with E-state index in [1.165, 1.54) is 23.1 Å². The molecular weight excluding hydrogens is 506 g/mol. The number of rotatable bonds is 9. The topological polar surface area (TPSA) is 101 Å². The van der Waals surface area contributed by atoms with E-state index in [-0.39, 0.29) is 24.9 Å². The molecule has 3 aromatic rings. The lowest BCUT2D eigenvalue weighted by molar-refractivity contribution is -0.115. The van der Waals surface area contributed by atoms with Crippen LogP contribution in [0.1, 0.15) is 53.1 Å². The van der Waals surface area contributed by atoms with E-state index in [4.69, 9.17) is 9.47 Å². The number of carbonyl (C=O) groups excluding carboxylic acids is 2. The highest BCUT2D eigenvalue weighted by molar-refractivity contribution is 7.99. The number of methoxy groups -OCH3 is 1. The first-order valence-corrected chi connectivity index (χ1v) is 14.0. The number of esters is 1. The number of ether oxygens (including phenoxy) is 2. The first kappa shape index (κ1) is 26.7. The third-order valence-corrected chi connectivity index (χ3v) is 8.34. The van der Waals surface area contributed by atoms with Gasteiger partial charge in [0.2, 0.25) is 5.91 Å². The molecule has 7 nitrogen and oxygen atoms in total. The molecule has 1 N–H and O–H groups in total. The average Bonchev–Trinajstić information content (AvgIpc) is 3.25. The third kappa shape index (κ3) is 6.32. The zero-order chi connectivity index (χ0) is 26.4. The van der Waals surface area contributed by atoms with Crippen molar-refractivity contribution in [1.29, 1.82) is 5.26 Å². The van der Waals surface area contributed by atoms with E-state index < -0.39 is 0 Å². The van der Waals surface area contributed by atoms with Crippen molar-refractivity contribution in [3.05, 3.63) is 58.0 Å². The molecule has 37 heavy (non-hydrogen) atoms. The predicted octanol–water partition coefficient (Wildman–Crippen LogP) is 6.11. The second kappa shape index (κ2) is 12.3. The van der Waals surface area contributed by atoms with E-state index in [2.05, 4.69) is 23.3 Å². The van der Waals surface area contributed by atoms with Crippen LogP contribution in [0, 0.1) is 17.2 Å². The van der Waals surface area contributed by atoms with Crippen LogP contribution in [0.3, 0.4) is 0 Å². The van der Waals surface area contributed by atoms with E-state index in [9.17, 15) is 14.9 Å². The van der Waals surface area contributed by atoms with Gasteiger partial charge < -0.3 is 14.8 Å². The summed E-state index contributed by atoms with van der Waals surface area (Å²) in [4.78, 5) is 31.4. The molecule has 0 spiro atoms. The SMILES string of the molecule is CCOC(=O)c1c(NC(=O)CCSc2nc(-c3ccc(OC)cc3)ccc2C#N)sc2c1CCC(C)C2. The number of hydrogen-bond donors (Lipinski definition) is 1. The Morgan fingerprint density at radius 1 is 1.24 bits per heavy atom.